The number of nitrogens with zero attached hydrogens (tertiary/aromatic N) is 2. The lowest BCUT2D eigenvalue weighted by molar-refractivity contribution is -0.141. The van der Waals surface area contributed by atoms with E-state index in [0.29, 0.717) is 6.42 Å². The summed E-state index contributed by atoms with van der Waals surface area (Å²) in [5, 5.41) is 3.28. The normalized spacial score (nSPS) is 26.2. The van der Waals surface area contributed by atoms with Gasteiger partial charge in [0.2, 0.25) is 11.8 Å². The lowest BCUT2D eigenvalue weighted by Gasteiger charge is -2.23. The summed E-state index contributed by atoms with van der Waals surface area (Å²) in [6, 6.07) is -0.291. The maximum absolute atomic E-state index is 12.3. The molecule has 0 aromatic carbocycles. The number of imide groups is 1. The van der Waals surface area contributed by atoms with Crippen LogP contribution < -0.4 is 5.32 Å². The van der Waals surface area contributed by atoms with Crippen LogP contribution in [-0.2, 0) is 9.59 Å². The van der Waals surface area contributed by atoms with Gasteiger partial charge in [-0.25, -0.2) is 0 Å². The van der Waals surface area contributed by atoms with Crippen molar-refractivity contribution in [2.45, 2.75) is 64.5 Å². The molecule has 2 atom stereocenters. The number of hydrogen-bond acceptors (Lipinski definition) is 4. The topological polar surface area (TPSA) is 52.7 Å². The molecule has 5 heteroatoms. The van der Waals surface area contributed by atoms with Crippen LogP contribution in [0.5, 0.6) is 0 Å². The summed E-state index contributed by atoms with van der Waals surface area (Å²) >= 11 is 0. The van der Waals surface area contributed by atoms with Gasteiger partial charge in [-0.1, -0.05) is 19.8 Å². The molecule has 2 aliphatic heterocycles. The summed E-state index contributed by atoms with van der Waals surface area (Å²) in [5.74, 6) is -0.0631. The zero-order valence-corrected chi connectivity index (χ0v) is 13.4. The van der Waals surface area contributed by atoms with Gasteiger partial charge < -0.3 is 10.2 Å². The standard InChI is InChI=1S/C16H29N3O2/c1-3-13(2)19-15(20)12-14(16(19)21)17-8-11-18-9-6-4-5-7-10-18/h13-14,17H,3-12H2,1-2H3. The van der Waals surface area contributed by atoms with Crippen LogP contribution in [0, 0.1) is 0 Å². The molecule has 2 heterocycles. The number of hydrogen-bond donors (Lipinski definition) is 1. The van der Waals surface area contributed by atoms with Gasteiger partial charge >= 0.3 is 0 Å². The van der Waals surface area contributed by atoms with Gasteiger partial charge in [-0.15, -0.1) is 0 Å². The second kappa shape index (κ2) is 7.90. The first-order valence-electron chi connectivity index (χ1n) is 8.45. The van der Waals surface area contributed by atoms with E-state index in [1.807, 2.05) is 13.8 Å². The molecule has 0 spiro atoms. The third-order valence-electron chi connectivity index (χ3n) is 4.73. The van der Waals surface area contributed by atoms with E-state index >= 15 is 0 Å². The van der Waals surface area contributed by atoms with Gasteiger partial charge in [0.15, 0.2) is 0 Å². The van der Waals surface area contributed by atoms with Crippen LogP contribution >= 0.6 is 0 Å². The molecular weight excluding hydrogens is 266 g/mol. The molecule has 1 N–H and O–H groups in total. The Bertz CT molecular complexity index is 365. The molecule has 0 aromatic rings. The Labute approximate surface area is 128 Å². The first-order chi connectivity index (χ1) is 10.1. The van der Waals surface area contributed by atoms with E-state index in [1.54, 1.807) is 0 Å². The van der Waals surface area contributed by atoms with E-state index in [1.165, 1.54) is 30.6 Å². The molecule has 2 fully saturated rings. The van der Waals surface area contributed by atoms with Gasteiger partial charge in [-0.3, -0.25) is 14.5 Å². The zero-order chi connectivity index (χ0) is 15.2. The summed E-state index contributed by atoms with van der Waals surface area (Å²) in [6.45, 7) is 8.04. The SMILES string of the molecule is CCC(C)N1C(=O)CC(NCCN2CCCCCC2)C1=O. The minimum absolute atomic E-state index is 0.0161. The molecule has 21 heavy (non-hydrogen) atoms. The Balaban J connectivity index is 1.76. The molecular formula is C16H29N3O2. The van der Waals surface area contributed by atoms with Gasteiger partial charge in [0.05, 0.1) is 12.5 Å². The molecule has 2 aliphatic rings. The van der Waals surface area contributed by atoms with Gasteiger partial charge in [-0.2, -0.15) is 0 Å². The first kappa shape index (κ1) is 16.4. The molecule has 2 saturated heterocycles. The van der Waals surface area contributed by atoms with E-state index in [-0.39, 0.29) is 23.9 Å². The predicted octanol–water partition coefficient (Wildman–Crippen LogP) is 1.38. The summed E-state index contributed by atoms with van der Waals surface area (Å²) in [6.07, 6.45) is 6.37. The quantitative estimate of drug-likeness (QED) is 0.752. The average Bonchev–Trinajstić information content (AvgIpc) is 2.67. The van der Waals surface area contributed by atoms with Gasteiger partial charge in [0.25, 0.3) is 0 Å². The van der Waals surface area contributed by atoms with Crippen LogP contribution in [0.3, 0.4) is 0 Å². The monoisotopic (exact) mass is 295 g/mol. The number of amides is 2. The highest BCUT2D eigenvalue weighted by Gasteiger charge is 2.40. The maximum atomic E-state index is 12.3. The first-order valence-corrected chi connectivity index (χ1v) is 8.45. The van der Waals surface area contributed by atoms with Crippen molar-refractivity contribution in [3.63, 3.8) is 0 Å². The fourth-order valence-electron chi connectivity index (χ4n) is 3.21. The molecule has 2 unspecified atom stereocenters. The maximum Gasteiger partial charge on any atom is 0.247 e. The van der Waals surface area contributed by atoms with Crippen molar-refractivity contribution >= 4 is 11.8 Å². The van der Waals surface area contributed by atoms with Crippen molar-refractivity contribution in [3.05, 3.63) is 0 Å². The van der Waals surface area contributed by atoms with Crippen molar-refractivity contribution in [1.29, 1.82) is 0 Å². The van der Waals surface area contributed by atoms with E-state index in [0.717, 1.165) is 32.6 Å². The third-order valence-corrected chi connectivity index (χ3v) is 4.73. The number of carbonyl (C=O) groups is 2. The molecule has 2 amide bonds. The lowest BCUT2D eigenvalue weighted by Crippen LogP contribution is -2.44. The largest absolute Gasteiger partial charge is 0.304 e. The predicted molar refractivity (Wildman–Crippen MR) is 82.9 cm³/mol. The smallest absolute Gasteiger partial charge is 0.247 e. The number of carbonyl (C=O) groups excluding carboxylic acids is 2. The highest BCUT2D eigenvalue weighted by molar-refractivity contribution is 6.05. The molecule has 120 valence electrons. The molecule has 2 rings (SSSR count). The van der Waals surface area contributed by atoms with E-state index < -0.39 is 0 Å². The van der Waals surface area contributed by atoms with Crippen molar-refractivity contribution in [2.75, 3.05) is 26.2 Å². The highest BCUT2D eigenvalue weighted by Crippen LogP contribution is 2.18. The minimum atomic E-state index is -0.307. The van der Waals surface area contributed by atoms with Gasteiger partial charge in [-0.05, 0) is 39.3 Å². The summed E-state index contributed by atoms with van der Waals surface area (Å²) in [5.41, 5.74) is 0. The molecule has 0 bridgehead atoms. The zero-order valence-electron chi connectivity index (χ0n) is 13.4. The highest BCUT2D eigenvalue weighted by atomic mass is 16.2. The third kappa shape index (κ3) is 4.27. The fourth-order valence-corrected chi connectivity index (χ4v) is 3.21. The Morgan fingerprint density at radius 3 is 2.48 bits per heavy atom. The van der Waals surface area contributed by atoms with E-state index in [4.69, 9.17) is 0 Å². The number of likely N-dealkylation sites (tertiary alicyclic amines) is 2. The van der Waals surface area contributed by atoms with Crippen LogP contribution in [0.1, 0.15) is 52.4 Å². The van der Waals surface area contributed by atoms with E-state index in [2.05, 4.69) is 10.2 Å². The van der Waals surface area contributed by atoms with Crippen LogP contribution in [0.25, 0.3) is 0 Å². The van der Waals surface area contributed by atoms with Crippen molar-refractivity contribution < 1.29 is 9.59 Å². The van der Waals surface area contributed by atoms with Crippen molar-refractivity contribution in [1.82, 2.24) is 15.1 Å². The van der Waals surface area contributed by atoms with Crippen LogP contribution in [0.4, 0.5) is 0 Å². The Kier molecular flexibility index (Phi) is 6.18. The lowest BCUT2D eigenvalue weighted by atomic mass is 10.2. The van der Waals surface area contributed by atoms with Crippen LogP contribution in [0.15, 0.2) is 0 Å². The van der Waals surface area contributed by atoms with E-state index in [9.17, 15) is 9.59 Å². The molecule has 0 aromatic heterocycles. The summed E-state index contributed by atoms with van der Waals surface area (Å²) in [4.78, 5) is 28.2. The second-order valence-electron chi connectivity index (χ2n) is 6.33. The van der Waals surface area contributed by atoms with Gasteiger partial charge in [0.1, 0.15) is 0 Å². The summed E-state index contributed by atoms with van der Waals surface area (Å²) < 4.78 is 0. The molecule has 0 radical (unpaired) electrons. The Morgan fingerprint density at radius 1 is 1.19 bits per heavy atom. The van der Waals surface area contributed by atoms with Crippen LogP contribution in [0.2, 0.25) is 0 Å². The molecule has 0 aliphatic carbocycles. The van der Waals surface area contributed by atoms with Crippen LogP contribution in [-0.4, -0.2) is 59.9 Å². The fraction of sp³-hybridized carbons (Fsp3) is 0.875. The Morgan fingerprint density at radius 2 is 1.86 bits per heavy atom. The summed E-state index contributed by atoms with van der Waals surface area (Å²) in [7, 11) is 0. The Hall–Kier alpha value is -0.940. The van der Waals surface area contributed by atoms with Gasteiger partial charge in [0, 0.05) is 19.1 Å². The average molecular weight is 295 g/mol. The number of nitrogens with one attached hydrogen (secondary N) is 1. The van der Waals surface area contributed by atoms with Crippen molar-refractivity contribution in [3.8, 4) is 0 Å². The minimum Gasteiger partial charge on any atom is -0.304 e. The number of rotatable bonds is 6. The molecule has 5 nitrogen and oxygen atoms in total. The van der Waals surface area contributed by atoms with Crippen molar-refractivity contribution in [2.24, 2.45) is 0 Å². The second-order valence-corrected chi connectivity index (χ2v) is 6.33. The molecule has 0 saturated carbocycles.